The monoisotopic (exact) mass is 393 g/mol. The number of benzene rings is 1. The number of ether oxygens (including phenoxy) is 1. The molecular formula is C21H23N5O3. The Morgan fingerprint density at radius 2 is 2.17 bits per heavy atom. The molecule has 1 aliphatic heterocycles. The second kappa shape index (κ2) is 8.40. The summed E-state index contributed by atoms with van der Waals surface area (Å²) in [5.41, 5.74) is 3.46. The number of fused-ring (bicyclic) bond motifs is 1. The third-order valence-electron chi connectivity index (χ3n) is 4.89. The minimum atomic E-state index is -0.203. The van der Waals surface area contributed by atoms with Crippen LogP contribution in [0.5, 0.6) is 0 Å². The summed E-state index contributed by atoms with van der Waals surface area (Å²) in [6.45, 7) is 3.28. The van der Waals surface area contributed by atoms with Crippen molar-refractivity contribution >= 4 is 28.5 Å². The molecule has 3 heterocycles. The molecule has 1 aromatic carbocycles. The van der Waals surface area contributed by atoms with E-state index in [1.807, 2.05) is 22.8 Å². The van der Waals surface area contributed by atoms with Crippen molar-refractivity contribution in [2.45, 2.75) is 32.4 Å². The second-order valence-corrected chi connectivity index (χ2v) is 7.12. The first-order valence-corrected chi connectivity index (χ1v) is 9.65. The molecule has 1 atom stereocenters. The Bertz CT molecular complexity index is 1030. The number of hydrogen-bond acceptors (Lipinski definition) is 5. The number of pyridine rings is 1. The first-order chi connectivity index (χ1) is 14.1. The van der Waals surface area contributed by atoms with E-state index in [2.05, 4.69) is 20.6 Å². The van der Waals surface area contributed by atoms with E-state index in [1.54, 1.807) is 24.7 Å². The fourth-order valence-electron chi connectivity index (χ4n) is 3.49. The molecule has 4 rings (SSSR count). The lowest BCUT2D eigenvalue weighted by Gasteiger charge is -2.13. The lowest BCUT2D eigenvalue weighted by Crippen LogP contribution is -2.35. The summed E-state index contributed by atoms with van der Waals surface area (Å²) in [4.78, 5) is 33.2. The topological polar surface area (TPSA) is 98.1 Å². The minimum absolute atomic E-state index is 0.0124. The fraction of sp³-hybridized carbons (Fsp3) is 0.333. The molecule has 0 spiro atoms. The van der Waals surface area contributed by atoms with E-state index in [-0.39, 0.29) is 17.9 Å². The van der Waals surface area contributed by atoms with Crippen LogP contribution in [0.15, 0.2) is 42.9 Å². The highest BCUT2D eigenvalue weighted by atomic mass is 16.5. The summed E-state index contributed by atoms with van der Waals surface area (Å²) in [5, 5.41) is 5.82. The van der Waals surface area contributed by atoms with E-state index in [9.17, 15) is 9.59 Å². The third-order valence-corrected chi connectivity index (χ3v) is 4.89. The summed E-state index contributed by atoms with van der Waals surface area (Å²) in [6, 6.07) is 9.28. The van der Waals surface area contributed by atoms with Gasteiger partial charge in [0.1, 0.15) is 0 Å². The Balaban J connectivity index is 1.62. The number of rotatable bonds is 6. The van der Waals surface area contributed by atoms with E-state index in [1.165, 1.54) is 6.92 Å². The zero-order valence-corrected chi connectivity index (χ0v) is 16.2. The standard InChI is InChI=1S/C21H23N5O3/c1-14(27)24-19-11-15(21(28)25-17-6-9-29-12-17)10-18-20(19)26(13-23-18)8-5-16-4-2-3-7-22-16/h2-4,7,10-11,13,17H,5-6,8-9,12H2,1H3,(H,24,27)(H,25,28). The van der Waals surface area contributed by atoms with E-state index < -0.39 is 0 Å². The van der Waals surface area contributed by atoms with Gasteiger partial charge in [0.05, 0.1) is 35.7 Å². The molecule has 8 heteroatoms. The number of hydrogen-bond donors (Lipinski definition) is 2. The summed E-state index contributed by atoms with van der Waals surface area (Å²) < 4.78 is 7.29. The van der Waals surface area contributed by atoms with Crippen molar-refractivity contribution in [3.63, 3.8) is 0 Å². The zero-order valence-electron chi connectivity index (χ0n) is 16.2. The maximum atomic E-state index is 12.7. The number of anilines is 1. The number of nitrogens with zero attached hydrogens (tertiary/aromatic N) is 3. The van der Waals surface area contributed by atoms with Crippen molar-refractivity contribution < 1.29 is 14.3 Å². The maximum absolute atomic E-state index is 12.7. The number of imidazole rings is 1. The van der Waals surface area contributed by atoms with Gasteiger partial charge in [0.2, 0.25) is 5.91 Å². The van der Waals surface area contributed by atoms with Gasteiger partial charge in [-0.25, -0.2) is 4.98 Å². The molecule has 2 aromatic heterocycles. The van der Waals surface area contributed by atoms with Crippen LogP contribution in [0.1, 0.15) is 29.4 Å². The van der Waals surface area contributed by atoms with Crippen LogP contribution in [-0.4, -0.2) is 45.6 Å². The largest absolute Gasteiger partial charge is 0.379 e. The summed E-state index contributed by atoms with van der Waals surface area (Å²) >= 11 is 0. The molecule has 3 aromatic rings. The zero-order chi connectivity index (χ0) is 20.2. The van der Waals surface area contributed by atoms with E-state index in [4.69, 9.17) is 4.74 Å². The van der Waals surface area contributed by atoms with E-state index in [0.29, 0.717) is 36.5 Å². The minimum Gasteiger partial charge on any atom is -0.379 e. The summed E-state index contributed by atoms with van der Waals surface area (Å²) in [7, 11) is 0. The Kier molecular flexibility index (Phi) is 5.53. The first kappa shape index (κ1) is 19.1. The highest BCUT2D eigenvalue weighted by molar-refractivity contribution is 6.05. The van der Waals surface area contributed by atoms with Crippen LogP contribution in [-0.2, 0) is 22.5 Å². The highest BCUT2D eigenvalue weighted by Gasteiger charge is 2.20. The number of amides is 2. The lowest BCUT2D eigenvalue weighted by molar-refractivity contribution is -0.114. The van der Waals surface area contributed by atoms with Gasteiger partial charge < -0.3 is 19.9 Å². The molecule has 150 valence electrons. The van der Waals surface area contributed by atoms with Gasteiger partial charge in [-0.1, -0.05) is 6.07 Å². The Morgan fingerprint density at radius 3 is 2.90 bits per heavy atom. The van der Waals surface area contributed by atoms with Gasteiger partial charge in [-0.15, -0.1) is 0 Å². The molecule has 2 amide bonds. The maximum Gasteiger partial charge on any atom is 0.251 e. The van der Waals surface area contributed by atoms with Gasteiger partial charge in [-0.3, -0.25) is 14.6 Å². The van der Waals surface area contributed by atoms with Gasteiger partial charge >= 0.3 is 0 Å². The lowest BCUT2D eigenvalue weighted by atomic mass is 10.1. The Morgan fingerprint density at radius 1 is 1.28 bits per heavy atom. The fourth-order valence-corrected chi connectivity index (χ4v) is 3.49. The van der Waals surface area contributed by atoms with Crippen molar-refractivity contribution in [1.82, 2.24) is 19.9 Å². The van der Waals surface area contributed by atoms with Crippen LogP contribution in [0, 0.1) is 0 Å². The molecule has 0 radical (unpaired) electrons. The van der Waals surface area contributed by atoms with Crippen LogP contribution in [0.2, 0.25) is 0 Å². The predicted molar refractivity (Wildman–Crippen MR) is 109 cm³/mol. The van der Waals surface area contributed by atoms with Crippen molar-refractivity contribution in [3.05, 3.63) is 54.1 Å². The molecule has 0 aliphatic carbocycles. The molecule has 8 nitrogen and oxygen atoms in total. The number of carbonyl (C=O) groups excluding carboxylic acids is 2. The SMILES string of the molecule is CC(=O)Nc1cc(C(=O)NC2CCOC2)cc2ncn(CCc3ccccn3)c12. The first-order valence-electron chi connectivity index (χ1n) is 9.65. The molecular weight excluding hydrogens is 370 g/mol. The normalized spacial score (nSPS) is 16.1. The Hall–Kier alpha value is -3.26. The quantitative estimate of drug-likeness (QED) is 0.669. The third kappa shape index (κ3) is 4.43. The van der Waals surface area contributed by atoms with E-state index >= 15 is 0 Å². The van der Waals surface area contributed by atoms with Crippen LogP contribution >= 0.6 is 0 Å². The molecule has 29 heavy (non-hydrogen) atoms. The van der Waals surface area contributed by atoms with Gasteiger partial charge in [0, 0.05) is 44.0 Å². The molecule has 1 saturated heterocycles. The summed E-state index contributed by atoms with van der Waals surface area (Å²) in [6.07, 6.45) is 5.03. The van der Waals surface area contributed by atoms with Crippen LogP contribution < -0.4 is 10.6 Å². The highest BCUT2D eigenvalue weighted by Crippen LogP contribution is 2.26. The van der Waals surface area contributed by atoms with Crippen LogP contribution in [0.3, 0.4) is 0 Å². The molecule has 1 fully saturated rings. The van der Waals surface area contributed by atoms with Crippen molar-refractivity contribution in [3.8, 4) is 0 Å². The van der Waals surface area contributed by atoms with Crippen LogP contribution in [0.4, 0.5) is 5.69 Å². The molecule has 0 bridgehead atoms. The van der Waals surface area contributed by atoms with E-state index in [0.717, 1.165) is 24.1 Å². The van der Waals surface area contributed by atoms with Crippen molar-refractivity contribution in [1.29, 1.82) is 0 Å². The summed E-state index contributed by atoms with van der Waals surface area (Å²) in [5.74, 6) is -0.400. The van der Waals surface area contributed by atoms with Gasteiger partial charge in [-0.05, 0) is 30.7 Å². The Labute approximate surface area is 168 Å². The number of aryl methyl sites for hydroxylation is 2. The van der Waals surface area contributed by atoms with Gasteiger partial charge in [0.15, 0.2) is 0 Å². The average Bonchev–Trinajstić information content (AvgIpc) is 3.36. The molecule has 1 aliphatic rings. The van der Waals surface area contributed by atoms with Crippen molar-refractivity contribution in [2.75, 3.05) is 18.5 Å². The van der Waals surface area contributed by atoms with Gasteiger partial charge in [0.25, 0.3) is 5.91 Å². The second-order valence-electron chi connectivity index (χ2n) is 7.12. The molecule has 0 saturated carbocycles. The average molecular weight is 393 g/mol. The van der Waals surface area contributed by atoms with Gasteiger partial charge in [-0.2, -0.15) is 0 Å². The van der Waals surface area contributed by atoms with Crippen molar-refractivity contribution in [2.24, 2.45) is 0 Å². The van der Waals surface area contributed by atoms with Crippen LogP contribution in [0.25, 0.3) is 11.0 Å². The number of aromatic nitrogens is 3. The molecule has 1 unspecified atom stereocenters. The molecule has 2 N–H and O–H groups in total. The number of carbonyl (C=O) groups is 2. The number of nitrogens with one attached hydrogen (secondary N) is 2. The predicted octanol–water partition coefficient (Wildman–Crippen LogP) is 2.15. The smallest absolute Gasteiger partial charge is 0.251 e.